The van der Waals surface area contributed by atoms with Gasteiger partial charge in [0, 0.05) is 12.6 Å². The highest BCUT2D eigenvalue weighted by atomic mass is 35.5. The SMILES string of the molecule is CC(C)N(C)CCCNc1nc(Cl)ccc1C(=O)O. The fourth-order valence-electron chi connectivity index (χ4n) is 1.54. The van der Waals surface area contributed by atoms with Gasteiger partial charge in [0.25, 0.3) is 0 Å². The molecule has 1 aromatic rings. The molecule has 0 radical (unpaired) electrons. The van der Waals surface area contributed by atoms with Crippen molar-refractivity contribution >= 4 is 23.4 Å². The van der Waals surface area contributed by atoms with Crippen molar-refractivity contribution in [1.82, 2.24) is 9.88 Å². The summed E-state index contributed by atoms with van der Waals surface area (Å²) in [5, 5.41) is 12.4. The van der Waals surface area contributed by atoms with Crippen molar-refractivity contribution in [1.29, 1.82) is 0 Å². The number of carbonyl (C=O) groups is 1. The Balaban J connectivity index is 2.53. The van der Waals surface area contributed by atoms with Crippen LogP contribution in [0.25, 0.3) is 0 Å². The normalized spacial score (nSPS) is 11.1. The molecule has 2 N–H and O–H groups in total. The number of aromatic nitrogens is 1. The molecule has 0 amide bonds. The van der Waals surface area contributed by atoms with Gasteiger partial charge in [-0.1, -0.05) is 11.6 Å². The third kappa shape index (κ3) is 5.04. The van der Waals surface area contributed by atoms with Gasteiger partial charge in [-0.25, -0.2) is 9.78 Å². The summed E-state index contributed by atoms with van der Waals surface area (Å²) < 4.78 is 0. The molecule has 1 heterocycles. The number of pyridine rings is 1. The smallest absolute Gasteiger partial charge is 0.339 e. The maximum atomic E-state index is 11.0. The highest BCUT2D eigenvalue weighted by molar-refractivity contribution is 6.29. The molecular formula is C13H20ClN3O2. The average molecular weight is 286 g/mol. The first kappa shape index (κ1) is 15.7. The maximum Gasteiger partial charge on any atom is 0.339 e. The summed E-state index contributed by atoms with van der Waals surface area (Å²) in [5.74, 6) is -0.682. The Hall–Kier alpha value is -1.33. The van der Waals surface area contributed by atoms with Crippen LogP contribution in [0.2, 0.25) is 5.15 Å². The number of anilines is 1. The van der Waals surface area contributed by atoms with Crippen LogP contribution in [0, 0.1) is 0 Å². The minimum atomic E-state index is -1.01. The van der Waals surface area contributed by atoms with Crippen LogP contribution in [0.3, 0.4) is 0 Å². The number of carboxylic acid groups (broad SMARTS) is 1. The van der Waals surface area contributed by atoms with E-state index in [0.29, 0.717) is 18.4 Å². The molecule has 0 aliphatic rings. The minimum absolute atomic E-state index is 0.140. The van der Waals surface area contributed by atoms with E-state index in [2.05, 4.69) is 36.1 Å². The largest absolute Gasteiger partial charge is 0.478 e. The topological polar surface area (TPSA) is 65.5 Å². The minimum Gasteiger partial charge on any atom is -0.478 e. The molecule has 1 rings (SSSR count). The first-order valence-electron chi connectivity index (χ1n) is 6.25. The van der Waals surface area contributed by atoms with Gasteiger partial charge < -0.3 is 15.3 Å². The van der Waals surface area contributed by atoms with E-state index in [1.165, 1.54) is 12.1 Å². The number of hydrogen-bond acceptors (Lipinski definition) is 4. The molecule has 0 fully saturated rings. The van der Waals surface area contributed by atoms with Crippen LogP contribution in [0.5, 0.6) is 0 Å². The Morgan fingerprint density at radius 2 is 2.21 bits per heavy atom. The van der Waals surface area contributed by atoms with Crippen molar-refractivity contribution in [2.24, 2.45) is 0 Å². The van der Waals surface area contributed by atoms with Gasteiger partial charge in [0.05, 0.1) is 0 Å². The lowest BCUT2D eigenvalue weighted by Gasteiger charge is -2.20. The van der Waals surface area contributed by atoms with E-state index in [1.54, 1.807) is 0 Å². The zero-order valence-corrected chi connectivity index (χ0v) is 12.2. The highest BCUT2D eigenvalue weighted by Gasteiger charge is 2.11. The Morgan fingerprint density at radius 3 is 2.79 bits per heavy atom. The van der Waals surface area contributed by atoms with Gasteiger partial charge in [0.2, 0.25) is 0 Å². The summed E-state index contributed by atoms with van der Waals surface area (Å²) in [6.45, 7) is 5.86. The second-order valence-corrected chi connectivity index (χ2v) is 5.08. The first-order chi connectivity index (χ1) is 8.91. The summed E-state index contributed by atoms with van der Waals surface area (Å²) in [7, 11) is 2.06. The van der Waals surface area contributed by atoms with Crippen LogP contribution in [-0.2, 0) is 0 Å². The molecule has 0 unspecified atom stereocenters. The van der Waals surface area contributed by atoms with Crippen molar-refractivity contribution in [2.75, 3.05) is 25.5 Å². The zero-order valence-electron chi connectivity index (χ0n) is 11.5. The van der Waals surface area contributed by atoms with Crippen molar-refractivity contribution in [2.45, 2.75) is 26.3 Å². The molecule has 0 atom stereocenters. The van der Waals surface area contributed by atoms with Crippen LogP contribution in [0.4, 0.5) is 5.82 Å². The molecule has 0 aliphatic carbocycles. The number of hydrogen-bond donors (Lipinski definition) is 2. The predicted octanol–water partition coefficient (Wildman–Crippen LogP) is 2.58. The van der Waals surface area contributed by atoms with E-state index in [4.69, 9.17) is 16.7 Å². The molecule has 0 saturated carbocycles. The predicted molar refractivity (Wildman–Crippen MR) is 77.1 cm³/mol. The molecular weight excluding hydrogens is 266 g/mol. The van der Waals surface area contributed by atoms with E-state index in [-0.39, 0.29) is 10.7 Å². The maximum absolute atomic E-state index is 11.0. The Bertz CT molecular complexity index is 438. The van der Waals surface area contributed by atoms with E-state index in [1.807, 2.05) is 0 Å². The van der Waals surface area contributed by atoms with Crippen molar-refractivity contribution in [3.63, 3.8) is 0 Å². The number of carboxylic acids is 1. The van der Waals surface area contributed by atoms with Crippen LogP contribution >= 0.6 is 11.6 Å². The molecule has 0 saturated heterocycles. The third-order valence-electron chi connectivity index (χ3n) is 2.95. The van der Waals surface area contributed by atoms with E-state index in [9.17, 15) is 4.79 Å². The molecule has 1 aromatic heterocycles. The lowest BCUT2D eigenvalue weighted by atomic mass is 10.2. The third-order valence-corrected chi connectivity index (χ3v) is 3.16. The number of rotatable bonds is 7. The number of aromatic carboxylic acids is 1. The van der Waals surface area contributed by atoms with Crippen LogP contribution in [0.15, 0.2) is 12.1 Å². The molecule has 0 aliphatic heterocycles. The lowest BCUT2D eigenvalue weighted by Crippen LogP contribution is -2.28. The molecule has 0 aromatic carbocycles. The van der Waals surface area contributed by atoms with Crippen LogP contribution < -0.4 is 5.32 Å². The molecule has 19 heavy (non-hydrogen) atoms. The molecule has 6 heteroatoms. The van der Waals surface area contributed by atoms with Crippen molar-refractivity contribution in [3.8, 4) is 0 Å². The molecule has 0 spiro atoms. The summed E-state index contributed by atoms with van der Waals surface area (Å²) in [5.41, 5.74) is 0.140. The zero-order chi connectivity index (χ0) is 14.4. The van der Waals surface area contributed by atoms with Gasteiger partial charge >= 0.3 is 5.97 Å². The number of nitrogens with one attached hydrogen (secondary N) is 1. The lowest BCUT2D eigenvalue weighted by molar-refractivity contribution is 0.0697. The van der Waals surface area contributed by atoms with Crippen molar-refractivity contribution in [3.05, 3.63) is 22.8 Å². The molecule has 106 valence electrons. The Kier molecular flexibility index (Phi) is 6.05. The van der Waals surface area contributed by atoms with E-state index >= 15 is 0 Å². The summed E-state index contributed by atoms with van der Waals surface area (Å²) >= 11 is 5.77. The fraction of sp³-hybridized carbons (Fsp3) is 0.538. The van der Waals surface area contributed by atoms with Gasteiger partial charge in [-0.3, -0.25) is 0 Å². The van der Waals surface area contributed by atoms with Gasteiger partial charge in [-0.05, 0) is 46.0 Å². The van der Waals surface area contributed by atoms with E-state index in [0.717, 1.165) is 13.0 Å². The monoisotopic (exact) mass is 285 g/mol. The highest BCUT2D eigenvalue weighted by Crippen LogP contribution is 2.16. The number of halogens is 1. The second-order valence-electron chi connectivity index (χ2n) is 4.69. The fourth-order valence-corrected chi connectivity index (χ4v) is 1.68. The van der Waals surface area contributed by atoms with E-state index < -0.39 is 5.97 Å². The summed E-state index contributed by atoms with van der Waals surface area (Å²) in [4.78, 5) is 17.3. The summed E-state index contributed by atoms with van der Waals surface area (Å²) in [6, 6.07) is 3.43. The Labute approximate surface area is 118 Å². The Morgan fingerprint density at radius 1 is 1.53 bits per heavy atom. The quantitative estimate of drug-likeness (QED) is 0.595. The van der Waals surface area contributed by atoms with Crippen LogP contribution in [0.1, 0.15) is 30.6 Å². The summed E-state index contributed by atoms with van der Waals surface area (Å²) in [6.07, 6.45) is 0.905. The van der Waals surface area contributed by atoms with Gasteiger partial charge in [-0.2, -0.15) is 0 Å². The van der Waals surface area contributed by atoms with Gasteiger partial charge in [0.1, 0.15) is 16.5 Å². The average Bonchev–Trinajstić information content (AvgIpc) is 2.33. The van der Waals surface area contributed by atoms with Crippen molar-refractivity contribution < 1.29 is 9.90 Å². The second kappa shape index (κ2) is 7.31. The first-order valence-corrected chi connectivity index (χ1v) is 6.63. The van der Waals surface area contributed by atoms with Gasteiger partial charge in [0.15, 0.2) is 0 Å². The van der Waals surface area contributed by atoms with Crippen LogP contribution in [-0.4, -0.2) is 47.1 Å². The van der Waals surface area contributed by atoms with Gasteiger partial charge in [-0.15, -0.1) is 0 Å². The number of nitrogens with zero attached hydrogens (tertiary/aromatic N) is 2. The molecule has 0 bridgehead atoms. The molecule has 5 nitrogen and oxygen atoms in total. The standard InChI is InChI=1S/C13H20ClN3O2/c1-9(2)17(3)8-4-7-15-12-10(13(18)19)5-6-11(14)16-12/h5-6,9H,4,7-8H2,1-3H3,(H,15,16)(H,18,19).